The van der Waals surface area contributed by atoms with E-state index in [-0.39, 0.29) is 18.1 Å². The van der Waals surface area contributed by atoms with Crippen LogP contribution in [-0.2, 0) is 10.0 Å². The van der Waals surface area contributed by atoms with Crippen LogP contribution in [0, 0.1) is 15.9 Å². The molecule has 0 amide bonds. The van der Waals surface area contributed by atoms with Crippen molar-refractivity contribution in [2.45, 2.75) is 19.3 Å². The minimum absolute atomic E-state index is 0.0842. The minimum Gasteiger partial charge on any atom is -0.493 e. The van der Waals surface area contributed by atoms with Crippen molar-refractivity contribution < 1.29 is 22.5 Å². The molecule has 0 aliphatic rings. The van der Waals surface area contributed by atoms with E-state index in [1.54, 1.807) is 0 Å². The van der Waals surface area contributed by atoms with Crippen molar-refractivity contribution in [3.63, 3.8) is 0 Å². The Bertz CT molecular complexity index is 576. The highest BCUT2D eigenvalue weighted by Crippen LogP contribution is 2.22. The topological polar surface area (TPSA) is 113 Å². The summed E-state index contributed by atoms with van der Waals surface area (Å²) >= 11 is 0. The van der Waals surface area contributed by atoms with Crippen LogP contribution >= 0.6 is 0 Å². The lowest BCUT2D eigenvalue weighted by molar-refractivity contribution is -0.387. The molecule has 0 aliphatic carbocycles. The first-order valence-corrected chi connectivity index (χ1v) is 7.58. The number of unbranched alkanes of at least 4 members (excludes halogenated alkanes) is 2. The van der Waals surface area contributed by atoms with Gasteiger partial charge in [0, 0.05) is 12.1 Å². The van der Waals surface area contributed by atoms with Gasteiger partial charge in [-0.25, -0.2) is 13.6 Å². The molecule has 0 saturated heterocycles. The van der Waals surface area contributed by atoms with Crippen molar-refractivity contribution in [3.05, 3.63) is 34.1 Å². The number of benzene rings is 1. The molecule has 1 rings (SSSR count). The number of sulfonamides is 1. The molecular weight excluding hydrogens is 291 g/mol. The molecule has 0 heterocycles. The lowest BCUT2D eigenvalue weighted by Gasteiger charge is -2.06. The third-order valence-electron chi connectivity index (χ3n) is 2.46. The normalized spacial score (nSPS) is 11.3. The fourth-order valence-corrected chi connectivity index (χ4v) is 2.10. The van der Waals surface area contributed by atoms with Gasteiger partial charge in [0.1, 0.15) is 5.75 Å². The first-order chi connectivity index (χ1) is 9.29. The Kier molecular flexibility index (Phi) is 5.83. The quantitative estimate of drug-likeness (QED) is 0.445. The average Bonchev–Trinajstić information content (AvgIpc) is 2.32. The number of rotatable bonds is 8. The molecule has 0 saturated carbocycles. The van der Waals surface area contributed by atoms with E-state index in [1.165, 1.54) is 6.07 Å². The molecule has 1 aromatic rings. The van der Waals surface area contributed by atoms with Crippen molar-refractivity contribution in [3.8, 4) is 5.75 Å². The van der Waals surface area contributed by atoms with Crippen molar-refractivity contribution >= 4 is 15.7 Å². The summed E-state index contributed by atoms with van der Waals surface area (Å²) in [4.78, 5) is 9.60. The van der Waals surface area contributed by atoms with E-state index in [0.29, 0.717) is 19.3 Å². The van der Waals surface area contributed by atoms with Crippen LogP contribution in [0.25, 0.3) is 0 Å². The molecule has 0 atom stereocenters. The van der Waals surface area contributed by atoms with Gasteiger partial charge in [0.2, 0.25) is 15.8 Å². The van der Waals surface area contributed by atoms with Gasteiger partial charge in [-0.15, -0.1) is 0 Å². The van der Waals surface area contributed by atoms with Crippen LogP contribution in [0.15, 0.2) is 18.2 Å². The lowest BCUT2D eigenvalue weighted by atomic mass is 10.2. The lowest BCUT2D eigenvalue weighted by Crippen LogP contribution is -2.16. The first kappa shape index (κ1) is 16.3. The maximum Gasteiger partial charge on any atom is 0.305 e. The molecule has 9 heteroatoms. The highest BCUT2D eigenvalue weighted by molar-refractivity contribution is 7.89. The summed E-state index contributed by atoms with van der Waals surface area (Å²) in [5.41, 5.74) is -0.606. The Hall–Kier alpha value is -1.74. The smallest absolute Gasteiger partial charge is 0.305 e. The Morgan fingerprint density at radius 1 is 1.30 bits per heavy atom. The summed E-state index contributed by atoms with van der Waals surface area (Å²) in [5, 5.41) is 15.3. The zero-order valence-corrected chi connectivity index (χ0v) is 11.4. The van der Waals surface area contributed by atoms with Crippen molar-refractivity contribution in [1.29, 1.82) is 0 Å². The standard InChI is InChI=1S/C11H15FN2O5S/c12-10-8-9(4-5-11(10)14(15)16)19-6-2-1-3-7-20(13,17)18/h4-5,8H,1-3,6-7H2,(H2,13,17,18). The fourth-order valence-electron chi connectivity index (χ4n) is 1.50. The van der Waals surface area contributed by atoms with Gasteiger partial charge in [-0.1, -0.05) is 0 Å². The van der Waals surface area contributed by atoms with Crippen LogP contribution < -0.4 is 9.88 Å². The molecule has 1 aromatic carbocycles. The molecular formula is C11H15FN2O5S. The summed E-state index contributed by atoms with van der Waals surface area (Å²) in [6.45, 7) is 0.266. The zero-order valence-electron chi connectivity index (χ0n) is 10.6. The Morgan fingerprint density at radius 3 is 2.55 bits per heavy atom. The van der Waals surface area contributed by atoms with Gasteiger partial charge in [0.05, 0.1) is 17.3 Å². The second kappa shape index (κ2) is 7.15. The van der Waals surface area contributed by atoms with E-state index in [2.05, 4.69) is 0 Å². The molecule has 20 heavy (non-hydrogen) atoms. The molecule has 7 nitrogen and oxygen atoms in total. The van der Waals surface area contributed by atoms with Crippen LogP contribution in [-0.4, -0.2) is 25.7 Å². The highest BCUT2D eigenvalue weighted by atomic mass is 32.2. The first-order valence-electron chi connectivity index (χ1n) is 5.87. The van der Waals surface area contributed by atoms with E-state index in [1.807, 2.05) is 0 Å². The van der Waals surface area contributed by atoms with Crippen LogP contribution in [0.1, 0.15) is 19.3 Å². The van der Waals surface area contributed by atoms with Gasteiger partial charge in [-0.2, -0.15) is 4.39 Å². The molecule has 0 spiro atoms. The molecule has 0 unspecified atom stereocenters. The van der Waals surface area contributed by atoms with Gasteiger partial charge in [-0.3, -0.25) is 10.1 Å². The van der Waals surface area contributed by atoms with E-state index >= 15 is 0 Å². The van der Waals surface area contributed by atoms with Crippen LogP contribution in [0.3, 0.4) is 0 Å². The van der Waals surface area contributed by atoms with E-state index in [9.17, 15) is 22.9 Å². The molecule has 0 fully saturated rings. The summed E-state index contributed by atoms with van der Waals surface area (Å²) in [6, 6.07) is 3.29. The minimum atomic E-state index is -3.44. The molecule has 112 valence electrons. The van der Waals surface area contributed by atoms with Gasteiger partial charge in [-0.05, 0) is 25.3 Å². The number of nitrogens with two attached hydrogens (primary N) is 1. The van der Waals surface area contributed by atoms with Gasteiger partial charge < -0.3 is 4.74 Å². The maximum atomic E-state index is 13.3. The van der Waals surface area contributed by atoms with Crippen LogP contribution in [0.2, 0.25) is 0 Å². The Balaban J connectivity index is 2.33. The summed E-state index contributed by atoms with van der Waals surface area (Å²) < 4.78 is 39.8. The summed E-state index contributed by atoms with van der Waals surface area (Å²) in [7, 11) is -3.44. The number of halogens is 1. The molecule has 0 radical (unpaired) electrons. The number of nitrogens with zero attached hydrogens (tertiary/aromatic N) is 1. The predicted molar refractivity (Wildman–Crippen MR) is 70.4 cm³/mol. The van der Waals surface area contributed by atoms with Crippen molar-refractivity contribution in [1.82, 2.24) is 0 Å². The zero-order chi connectivity index (χ0) is 15.2. The molecule has 0 bridgehead atoms. The van der Waals surface area contributed by atoms with Gasteiger partial charge in [0.25, 0.3) is 0 Å². The average molecular weight is 306 g/mol. The van der Waals surface area contributed by atoms with Gasteiger partial charge >= 0.3 is 5.69 Å². The maximum absolute atomic E-state index is 13.3. The van der Waals surface area contributed by atoms with Crippen molar-refractivity contribution in [2.75, 3.05) is 12.4 Å². The number of nitro benzene ring substituents is 1. The second-order valence-corrected chi connectivity index (χ2v) is 5.88. The van der Waals surface area contributed by atoms with Crippen LogP contribution in [0.5, 0.6) is 5.75 Å². The number of nitro groups is 1. The SMILES string of the molecule is NS(=O)(=O)CCCCCOc1ccc([N+](=O)[O-])c(F)c1. The van der Waals surface area contributed by atoms with E-state index in [4.69, 9.17) is 9.88 Å². The van der Waals surface area contributed by atoms with E-state index in [0.717, 1.165) is 12.1 Å². The number of hydrogen-bond donors (Lipinski definition) is 1. The van der Waals surface area contributed by atoms with Crippen molar-refractivity contribution in [2.24, 2.45) is 5.14 Å². The fraction of sp³-hybridized carbons (Fsp3) is 0.455. The number of ether oxygens (including phenoxy) is 1. The van der Waals surface area contributed by atoms with E-state index < -0.39 is 26.5 Å². The third-order valence-corrected chi connectivity index (χ3v) is 3.32. The molecule has 0 aliphatic heterocycles. The second-order valence-electron chi connectivity index (χ2n) is 4.15. The third kappa shape index (κ3) is 5.93. The molecule has 0 aromatic heterocycles. The highest BCUT2D eigenvalue weighted by Gasteiger charge is 2.14. The summed E-state index contributed by atoms with van der Waals surface area (Å²) in [5.74, 6) is -0.847. The Morgan fingerprint density at radius 2 is 2.00 bits per heavy atom. The largest absolute Gasteiger partial charge is 0.493 e. The Labute approximate surface area is 115 Å². The molecule has 2 N–H and O–H groups in total. The number of primary sulfonamides is 1. The predicted octanol–water partition coefficient (Wildman–Crippen LogP) is 1.57. The van der Waals surface area contributed by atoms with Crippen LogP contribution in [0.4, 0.5) is 10.1 Å². The number of hydrogen-bond acceptors (Lipinski definition) is 5. The monoisotopic (exact) mass is 306 g/mol. The summed E-state index contributed by atoms with van der Waals surface area (Å²) in [6.07, 6.45) is 1.61. The van der Waals surface area contributed by atoms with Gasteiger partial charge in [0.15, 0.2) is 0 Å².